The highest BCUT2D eigenvalue weighted by Crippen LogP contribution is 2.28. The van der Waals surface area contributed by atoms with Crippen molar-refractivity contribution in [2.75, 3.05) is 0 Å². The van der Waals surface area contributed by atoms with E-state index in [1.165, 1.54) is 11.3 Å². The second-order valence-corrected chi connectivity index (χ2v) is 5.58. The number of hydrogen-bond acceptors (Lipinski definition) is 3. The third-order valence-electron chi connectivity index (χ3n) is 2.91. The van der Waals surface area contributed by atoms with Crippen molar-refractivity contribution < 1.29 is 4.79 Å². The van der Waals surface area contributed by atoms with E-state index in [1.807, 2.05) is 42.6 Å². The molecule has 0 saturated heterocycles. The first kappa shape index (κ1) is 12.3. The Morgan fingerprint density at radius 1 is 1.26 bits per heavy atom. The third kappa shape index (κ3) is 2.15. The number of para-hydroxylation sites is 1. The van der Waals surface area contributed by atoms with Gasteiger partial charge in [0.2, 0.25) is 5.78 Å². The van der Waals surface area contributed by atoms with Crippen LogP contribution in [-0.2, 0) is 0 Å². The van der Waals surface area contributed by atoms with Crippen molar-refractivity contribution in [3.63, 3.8) is 0 Å². The average Bonchev–Trinajstić information content (AvgIpc) is 2.83. The molecule has 0 aliphatic heterocycles. The predicted octanol–water partition coefficient (Wildman–Crippen LogP) is 4.49. The van der Waals surface area contributed by atoms with Crippen molar-refractivity contribution in [3.05, 3.63) is 62.9 Å². The van der Waals surface area contributed by atoms with Crippen LogP contribution in [0.5, 0.6) is 0 Å². The van der Waals surface area contributed by atoms with Gasteiger partial charge in [0.05, 0.1) is 15.4 Å². The standard InChI is InChI=1S/C15H10ClNOS/c1-9-8-11(10-4-2-3-5-13(10)17-9)14(18)15-12(16)6-7-19-15/h2-8H,1H3. The van der Waals surface area contributed by atoms with Crippen LogP contribution in [0, 0.1) is 6.92 Å². The molecule has 0 unspecified atom stereocenters. The van der Waals surface area contributed by atoms with Crippen molar-refractivity contribution in [1.82, 2.24) is 4.98 Å². The van der Waals surface area contributed by atoms with E-state index in [2.05, 4.69) is 4.98 Å². The number of benzene rings is 1. The van der Waals surface area contributed by atoms with Gasteiger partial charge in [0.1, 0.15) is 0 Å². The average molecular weight is 288 g/mol. The molecule has 2 heterocycles. The molecule has 0 radical (unpaired) electrons. The summed E-state index contributed by atoms with van der Waals surface area (Å²) in [6.07, 6.45) is 0. The highest BCUT2D eigenvalue weighted by atomic mass is 35.5. The Hall–Kier alpha value is -1.71. The minimum atomic E-state index is -0.0401. The molecule has 2 aromatic heterocycles. The Balaban J connectivity index is 2.25. The van der Waals surface area contributed by atoms with Gasteiger partial charge >= 0.3 is 0 Å². The van der Waals surface area contributed by atoms with Gasteiger partial charge in [-0.25, -0.2) is 0 Å². The Morgan fingerprint density at radius 2 is 2.05 bits per heavy atom. The molecule has 4 heteroatoms. The highest BCUT2D eigenvalue weighted by Gasteiger charge is 2.17. The van der Waals surface area contributed by atoms with E-state index < -0.39 is 0 Å². The molecule has 1 aromatic carbocycles. The van der Waals surface area contributed by atoms with Gasteiger partial charge in [0.25, 0.3) is 0 Å². The maximum atomic E-state index is 12.6. The molecule has 94 valence electrons. The Kier molecular flexibility index (Phi) is 3.09. The first-order valence-corrected chi connectivity index (χ1v) is 7.06. The molecular formula is C15H10ClNOS. The fourth-order valence-electron chi connectivity index (χ4n) is 2.07. The molecule has 0 amide bonds. The molecule has 0 aliphatic carbocycles. The molecule has 3 rings (SSSR count). The summed E-state index contributed by atoms with van der Waals surface area (Å²) in [6, 6.07) is 11.2. The number of fused-ring (bicyclic) bond motifs is 1. The van der Waals surface area contributed by atoms with Crippen LogP contribution in [0.2, 0.25) is 5.02 Å². The summed E-state index contributed by atoms with van der Waals surface area (Å²) >= 11 is 7.41. The molecule has 0 saturated carbocycles. The number of carbonyl (C=O) groups excluding carboxylic acids is 1. The van der Waals surface area contributed by atoms with Crippen LogP contribution in [0.25, 0.3) is 10.9 Å². The van der Waals surface area contributed by atoms with E-state index in [0.717, 1.165) is 16.6 Å². The van der Waals surface area contributed by atoms with Crippen molar-refractivity contribution in [1.29, 1.82) is 0 Å². The van der Waals surface area contributed by atoms with E-state index >= 15 is 0 Å². The second kappa shape index (κ2) is 4.76. The van der Waals surface area contributed by atoms with Crippen molar-refractivity contribution in [2.45, 2.75) is 6.92 Å². The molecule has 0 N–H and O–H groups in total. The molecular weight excluding hydrogens is 278 g/mol. The second-order valence-electron chi connectivity index (χ2n) is 4.26. The summed E-state index contributed by atoms with van der Waals surface area (Å²) in [6.45, 7) is 1.89. The summed E-state index contributed by atoms with van der Waals surface area (Å²) in [5, 5.41) is 3.20. The van der Waals surface area contributed by atoms with Crippen LogP contribution >= 0.6 is 22.9 Å². The first-order valence-electron chi connectivity index (χ1n) is 5.81. The minimum Gasteiger partial charge on any atom is -0.288 e. The van der Waals surface area contributed by atoms with E-state index in [0.29, 0.717) is 15.5 Å². The van der Waals surface area contributed by atoms with Crippen LogP contribution in [0.3, 0.4) is 0 Å². The van der Waals surface area contributed by atoms with Gasteiger partial charge in [-0.3, -0.25) is 9.78 Å². The summed E-state index contributed by atoms with van der Waals surface area (Å²) < 4.78 is 0. The number of rotatable bonds is 2. The first-order chi connectivity index (χ1) is 9.16. The van der Waals surface area contributed by atoms with Crippen LogP contribution in [0.4, 0.5) is 0 Å². The van der Waals surface area contributed by atoms with Crippen molar-refractivity contribution >= 4 is 39.6 Å². The zero-order valence-electron chi connectivity index (χ0n) is 10.2. The van der Waals surface area contributed by atoms with Gasteiger partial charge in [-0.15, -0.1) is 11.3 Å². The number of aryl methyl sites for hydroxylation is 1. The number of ketones is 1. The van der Waals surface area contributed by atoms with Crippen LogP contribution in [0.15, 0.2) is 41.8 Å². The number of thiophene rings is 1. The lowest BCUT2D eigenvalue weighted by atomic mass is 10.0. The lowest BCUT2D eigenvalue weighted by Gasteiger charge is -2.06. The smallest absolute Gasteiger partial charge is 0.205 e. The molecule has 0 fully saturated rings. The Morgan fingerprint density at radius 3 is 2.79 bits per heavy atom. The summed E-state index contributed by atoms with van der Waals surface area (Å²) in [5.74, 6) is -0.0401. The normalized spacial score (nSPS) is 10.8. The fraction of sp³-hybridized carbons (Fsp3) is 0.0667. The highest BCUT2D eigenvalue weighted by molar-refractivity contribution is 7.13. The number of aromatic nitrogens is 1. The maximum Gasteiger partial charge on any atom is 0.205 e. The summed E-state index contributed by atoms with van der Waals surface area (Å²) in [4.78, 5) is 17.6. The molecule has 19 heavy (non-hydrogen) atoms. The van der Waals surface area contributed by atoms with E-state index in [1.54, 1.807) is 6.07 Å². The number of nitrogens with zero attached hydrogens (tertiary/aromatic N) is 1. The summed E-state index contributed by atoms with van der Waals surface area (Å²) in [5.41, 5.74) is 2.32. The molecule has 0 atom stereocenters. The zero-order chi connectivity index (χ0) is 13.4. The lowest BCUT2D eigenvalue weighted by molar-refractivity contribution is 0.104. The fourth-order valence-corrected chi connectivity index (χ4v) is 3.17. The third-order valence-corrected chi connectivity index (χ3v) is 4.25. The van der Waals surface area contributed by atoms with Crippen LogP contribution in [-0.4, -0.2) is 10.8 Å². The Bertz CT molecular complexity index is 779. The molecule has 0 aliphatic rings. The topological polar surface area (TPSA) is 30.0 Å². The van der Waals surface area contributed by atoms with Gasteiger partial charge in [-0.1, -0.05) is 29.8 Å². The van der Waals surface area contributed by atoms with Gasteiger partial charge in [0, 0.05) is 16.6 Å². The van der Waals surface area contributed by atoms with Crippen molar-refractivity contribution in [3.8, 4) is 0 Å². The maximum absolute atomic E-state index is 12.6. The van der Waals surface area contributed by atoms with E-state index in [4.69, 9.17) is 11.6 Å². The Labute approximate surface area is 119 Å². The SMILES string of the molecule is Cc1cc(C(=O)c2sccc2Cl)c2ccccc2n1. The van der Waals surface area contributed by atoms with Crippen molar-refractivity contribution in [2.24, 2.45) is 0 Å². The molecule has 2 nitrogen and oxygen atoms in total. The monoisotopic (exact) mass is 287 g/mol. The molecule has 3 aromatic rings. The number of carbonyl (C=O) groups is 1. The predicted molar refractivity (Wildman–Crippen MR) is 79.2 cm³/mol. The van der Waals surface area contributed by atoms with Gasteiger partial charge in [0.15, 0.2) is 0 Å². The van der Waals surface area contributed by atoms with Crippen LogP contribution in [0.1, 0.15) is 20.9 Å². The zero-order valence-corrected chi connectivity index (χ0v) is 11.8. The summed E-state index contributed by atoms with van der Waals surface area (Å²) in [7, 11) is 0. The largest absolute Gasteiger partial charge is 0.288 e. The van der Waals surface area contributed by atoms with E-state index in [9.17, 15) is 4.79 Å². The molecule has 0 spiro atoms. The van der Waals surface area contributed by atoms with Gasteiger partial charge < -0.3 is 0 Å². The molecule has 0 bridgehead atoms. The quantitative estimate of drug-likeness (QED) is 0.650. The van der Waals surface area contributed by atoms with E-state index in [-0.39, 0.29) is 5.78 Å². The van der Waals surface area contributed by atoms with Gasteiger partial charge in [-0.05, 0) is 30.5 Å². The number of halogens is 1. The van der Waals surface area contributed by atoms with Crippen LogP contribution < -0.4 is 0 Å². The number of pyridine rings is 1. The van der Waals surface area contributed by atoms with Gasteiger partial charge in [-0.2, -0.15) is 0 Å². The minimum absolute atomic E-state index is 0.0401. The lowest BCUT2D eigenvalue weighted by Crippen LogP contribution is -2.02. The number of hydrogen-bond donors (Lipinski definition) is 0.